The maximum atomic E-state index is 12.0. The van der Waals surface area contributed by atoms with Crippen LogP contribution in [-0.4, -0.2) is 23.9 Å². The van der Waals surface area contributed by atoms with Gasteiger partial charge in [0.15, 0.2) is 0 Å². The average Bonchev–Trinajstić information content (AvgIpc) is 2.27. The molecule has 0 aromatic heterocycles. The number of amides is 1. The molecule has 1 aromatic rings. The number of benzene rings is 1. The summed E-state index contributed by atoms with van der Waals surface area (Å²) in [4.78, 5) is 13.7. The van der Waals surface area contributed by atoms with Crippen LogP contribution in [0.5, 0.6) is 0 Å². The highest BCUT2D eigenvalue weighted by Gasteiger charge is 2.15. The fourth-order valence-corrected chi connectivity index (χ4v) is 1.53. The smallest absolute Gasteiger partial charge is 0.253 e. The lowest BCUT2D eigenvalue weighted by atomic mass is 10.1. The number of carbonyl (C=O) groups is 1. The molecule has 0 aliphatic carbocycles. The van der Waals surface area contributed by atoms with Gasteiger partial charge in [-0.05, 0) is 37.6 Å². The molecule has 0 saturated carbocycles. The lowest BCUT2D eigenvalue weighted by Gasteiger charge is -2.23. The number of halogens is 1. The monoisotopic (exact) mass is 269 g/mol. The van der Waals surface area contributed by atoms with Crippen molar-refractivity contribution in [2.75, 3.05) is 7.05 Å². The van der Waals surface area contributed by atoms with E-state index < -0.39 is 0 Å². The van der Waals surface area contributed by atoms with Crippen molar-refractivity contribution in [2.24, 2.45) is 0 Å². The molecule has 1 rings (SSSR count). The van der Waals surface area contributed by atoms with Crippen LogP contribution in [0.1, 0.15) is 30.6 Å². The van der Waals surface area contributed by atoms with E-state index in [0.29, 0.717) is 0 Å². The first-order valence-electron chi connectivity index (χ1n) is 5.09. The summed E-state index contributed by atoms with van der Waals surface area (Å²) in [7, 11) is 1.85. The van der Waals surface area contributed by atoms with Crippen LogP contribution in [0.4, 0.5) is 0 Å². The zero-order chi connectivity index (χ0) is 11.4. The van der Waals surface area contributed by atoms with E-state index >= 15 is 0 Å². The fraction of sp³-hybridized carbons (Fsp3) is 0.417. The molecule has 15 heavy (non-hydrogen) atoms. The van der Waals surface area contributed by atoms with E-state index in [1.165, 1.54) is 0 Å². The number of rotatable bonds is 3. The summed E-state index contributed by atoms with van der Waals surface area (Å²) in [6.45, 7) is 4.13. The maximum Gasteiger partial charge on any atom is 0.253 e. The van der Waals surface area contributed by atoms with Gasteiger partial charge in [0.05, 0.1) is 0 Å². The normalized spacial score (nSPS) is 12.3. The Morgan fingerprint density at radius 2 is 1.93 bits per heavy atom. The van der Waals surface area contributed by atoms with Crippen molar-refractivity contribution in [1.82, 2.24) is 4.90 Å². The number of carbonyl (C=O) groups excluding carboxylic acids is 1. The lowest BCUT2D eigenvalue weighted by molar-refractivity contribution is 0.0740. The number of nitrogens with zero attached hydrogens (tertiary/aromatic N) is 1. The number of hydrogen-bond acceptors (Lipinski definition) is 1. The predicted octanol–water partition coefficient (Wildman–Crippen LogP) is 3.32. The average molecular weight is 270 g/mol. The van der Waals surface area contributed by atoms with Crippen molar-refractivity contribution in [3.05, 3.63) is 34.3 Å². The summed E-state index contributed by atoms with van der Waals surface area (Å²) in [5, 5.41) is 0. The lowest BCUT2D eigenvalue weighted by Crippen LogP contribution is -2.34. The molecule has 1 atom stereocenters. The first kappa shape index (κ1) is 12.2. The molecule has 0 saturated heterocycles. The molecular formula is C12H16BrNO. The van der Waals surface area contributed by atoms with Crippen molar-refractivity contribution >= 4 is 21.8 Å². The zero-order valence-corrected chi connectivity index (χ0v) is 10.9. The van der Waals surface area contributed by atoms with Crippen LogP contribution in [0.2, 0.25) is 0 Å². The highest BCUT2D eigenvalue weighted by atomic mass is 79.9. The van der Waals surface area contributed by atoms with Crippen molar-refractivity contribution in [3.63, 3.8) is 0 Å². The highest BCUT2D eigenvalue weighted by Crippen LogP contribution is 2.13. The summed E-state index contributed by atoms with van der Waals surface area (Å²) < 4.78 is 0.991. The van der Waals surface area contributed by atoms with Crippen molar-refractivity contribution in [2.45, 2.75) is 26.3 Å². The van der Waals surface area contributed by atoms with Gasteiger partial charge in [0.1, 0.15) is 0 Å². The Labute approximate surface area is 99.4 Å². The predicted molar refractivity (Wildman–Crippen MR) is 66.0 cm³/mol. The van der Waals surface area contributed by atoms with Gasteiger partial charge in [0.2, 0.25) is 0 Å². The minimum absolute atomic E-state index is 0.0804. The van der Waals surface area contributed by atoms with Crippen molar-refractivity contribution in [3.8, 4) is 0 Å². The third kappa shape index (κ3) is 3.06. The van der Waals surface area contributed by atoms with Gasteiger partial charge in [-0.25, -0.2) is 0 Å². The van der Waals surface area contributed by atoms with E-state index in [1.807, 2.05) is 31.3 Å². The minimum Gasteiger partial charge on any atom is -0.339 e. The van der Waals surface area contributed by atoms with E-state index in [1.54, 1.807) is 4.90 Å². The quantitative estimate of drug-likeness (QED) is 0.825. The molecule has 1 aromatic carbocycles. The van der Waals surface area contributed by atoms with Gasteiger partial charge in [-0.3, -0.25) is 4.79 Å². The van der Waals surface area contributed by atoms with Crippen molar-refractivity contribution < 1.29 is 4.79 Å². The minimum atomic E-state index is 0.0804. The van der Waals surface area contributed by atoms with Crippen LogP contribution < -0.4 is 0 Å². The second-order valence-corrected chi connectivity index (χ2v) is 4.60. The summed E-state index contributed by atoms with van der Waals surface area (Å²) >= 11 is 3.35. The second kappa shape index (κ2) is 5.31. The molecule has 0 spiro atoms. The van der Waals surface area contributed by atoms with Gasteiger partial charge >= 0.3 is 0 Å². The van der Waals surface area contributed by atoms with Gasteiger partial charge in [0, 0.05) is 23.1 Å². The topological polar surface area (TPSA) is 20.3 Å². The first-order valence-corrected chi connectivity index (χ1v) is 5.88. The third-order valence-corrected chi connectivity index (χ3v) is 3.19. The SMILES string of the molecule is CCC(C)N(C)C(=O)c1ccc(Br)cc1. The summed E-state index contributed by atoms with van der Waals surface area (Å²) in [5.41, 5.74) is 0.737. The van der Waals surface area contributed by atoms with Gasteiger partial charge in [-0.1, -0.05) is 22.9 Å². The van der Waals surface area contributed by atoms with Gasteiger partial charge in [-0.15, -0.1) is 0 Å². The van der Waals surface area contributed by atoms with Crippen LogP contribution in [-0.2, 0) is 0 Å². The van der Waals surface area contributed by atoms with E-state index in [4.69, 9.17) is 0 Å². The molecule has 1 amide bonds. The van der Waals surface area contributed by atoms with Gasteiger partial charge < -0.3 is 4.90 Å². The summed E-state index contributed by atoms with van der Waals surface area (Å²) in [6.07, 6.45) is 0.971. The van der Waals surface area contributed by atoms with Crippen LogP contribution in [0.25, 0.3) is 0 Å². The van der Waals surface area contributed by atoms with E-state index in [2.05, 4.69) is 29.8 Å². The molecule has 0 aliphatic heterocycles. The Hall–Kier alpha value is -0.830. The largest absolute Gasteiger partial charge is 0.339 e. The van der Waals surface area contributed by atoms with E-state index in [9.17, 15) is 4.79 Å². The third-order valence-electron chi connectivity index (χ3n) is 2.66. The van der Waals surface area contributed by atoms with Gasteiger partial charge in [-0.2, -0.15) is 0 Å². The highest BCUT2D eigenvalue weighted by molar-refractivity contribution is 9.10. The first-order chi connectivity index (χ1) is 7.06. The van der Waals surface area contributed by atoms with E-state index in [-0.39, 0.29) is 11.9 Å². The maximum absolute atomic E-state index is 12.0. The summed E-state index contributed by atoms with van der Waals surface area (Å²) in [5.74, 6) is 0.0804. The molecule has 0 radical (unpaired) electrons. The van der Waals surface area contributed by atoms with Gasteiger partial charge in [0.25, 0.3) is 5.91 Å². The Kier molecular flexibility index (Phi) is 4.33. The molecule has 0 fully saturated rings. The Morgan fingerprint density at radius 3 is 2.40 bits per heavy atom. The molecule has 2 nitrogen and oxygen atoms in total. The Morgan fingerprint density at radius 1 is 1.40 bits per heavy atom. The summed E-state index contributed by atoms with van der Waals surface area (Å²) in [6, 6.07) is 7.73. The molecule has 0 bridgehead atoms. The molecular weight excluding hydrogens is 254 g/mol. The van der Waals surface area contributed by atoms with Crippen LogP contribution in [0.15, 0.2) is 28.7 Å². The molecule has 3 heteroatoms. The second-order valence-electron chi connectivity index (χ2n) is 3.68. The molecule has 1 unspecified atom stereocenters. The molecule has 0 aliphatic rings. The fourth-order valence-electron chi connectivity index (χ4n) is 1.27. The molecule has 0 N–H and O–H groups in total. The van der Waals surface area contributed by atoms with E-state index in [0.717, 1.165) is 16.5 Å². The van der Waals surface area contributed by atoms with Crippen LogP contribution in [0.3, 0.4) is 0 Å². The molecule has 0 heterocycles. The Bertz CT molecular complexity index is 334. The van der Waals surface area contributed by atoms with Crippen LogP contribution in [0, 0.1) is 0 Å². The zero-order valence-electron chi connectivity index (χ0n) is 9.33. The Balaban J connectivity index is 2.80. The van der Waals surface area contributed by atoms with Crippen molar-refractivity contribution in [1.29, 1.82) is 0 Å². The van der Waals surface area contributed by atoms with Crippen LogP contribution >= 0.6 is 15.9 Å². The molecule has 82 valence electrons. The standard InChI is InChI=1S/C12H16BrNO/c1-4-9(2)14(3)12(15)10-5-7-11(13)8-6-10/h5-9H,4H2,1-3H3. The number of hydrogen-bond donors (Lipinski definition) is 0.